The molecular weight excluding hydrogens is 362 g/mol. The Morgan fingerprint density at radius 3 is 2.64 bits per heavy atom. The molecule has 0 N–H and O–H groups in total. The number of nitrogens with zero attached hydrogens (tertiary/aromatic N) is 1. The zero-order valence-electron chi connectivity index (χ0n) is 16.0. The maximum atomic E-state index is 12.5. The van der Waals surface area contributed by atoms with Crippen molar-refractivity contribution in [2.45, 2.75) is 20.4 Å². The number of likely N-dealkylation sites (N-methyl/N-ethyl adjacent to an activating group) is 1. The zero-order chi connectivity index (χ0) is 19.9. The molecule has 0 fully saturated rings. The third kappa shape index (κ3) is 4.54. The fourth-order valence-corrected chi connectivity index (χ4v) is 2.85. The maximum absolute atomic E-state index is 12.5. The van der Waals surface area contributed by atoms with Crippen molar-refractivity contribution in [3.63, 3.8) is 0 Å². The number of rotatable bonds is 8. The normalized spacial score (nSPS) is 11.8. The topological polar surface area (TPSA) is 74.3 Å². The Bertz CT molecular complexity index is 851. The van der Waals surface area contributed by atoms with Gasteiger partial charge in [-0.1, -0.05) is 18.2 Å². The van der Waals surface area contributed by atoms with Crippen LogP contribution in [0.3, 0.4) is 0 Å². The Labute approximate surface area is 163 Å². The number of amides is 1. The third-order valence-corrected chi connectivity index (χ3v) is 4.28. The largest absolute Gasteiger partial charge is 0.493 e. The van der Waals surface area contributed by atoms with Crippen LogP contribution in [-0.2, 0) is 16.1 Å². The van der Waals surface area contributed by atoms with Crippen LogP contribution in [0.4, 0.5) is 0 Å². The molecular formula is C21H23NO6. The van der Waals surface area contributed by atoms with Gasteiger partial charge in [0.25, 0.3) is 5.91 Å². The van der Waals surface area contributed by atoms with Gasteiger partial charge in [-0.3, -0.25) is 4.79 Å². The third-order valence-electron chi connectivity index (χ3n) is 4.28. The van der Waals surface area contributed by atoms with Crippen LogP contribution >= 0.6 is 0 Å². The first-order valence-electron chi connectivity index (χ1n) is 9.17. The highest BCUT2D eigenvalue weighted by Gasteiger charge is 2.19. The van der Waals surface area contributed by atoms with E-state index in [2.05, 4.69) is 0 Å². The molecule has 2 aromatic rings. The van der Waals surface area contributed by atoms with Crippen LogP contribution in [0.25, 0.3) is 0 Å². The van der Waals surface area contributed by atoms with E-state index in [0.717, 1.165) is 5.56 Å². The predicted molar refractivity (Wildman–Crippen MR) is 102 cm³/mol. The number of hydrogen-bond donors (Lipinski definition) is 0. The first-order valence-corrected chi connectivity index (χ1v) is 9.17. The van der Waals surface area contributed by atoms with Gasteiger partial charge in [0.05, 0.1) is 6.61 Å². The van der Waals surface area contributed by atoms with E-state index >= 15 is 0 Å². The number of para-hydroxylation sites is 1. The van der Waals surface area contributed by atoms with Crippen molar-refractivity contribution in [1.29, 1.82) is 0 Å². The molecule has 0 saturated heterocycles. The van der Waals surface area contributed by atoms with E-state index in [9.17, 15) is 9.59 Å². The standard InChI is InChI=1S/C21H23NO6/c1-3-22(12-15-9-10-18-19(11-15)28-14-27-18)20(23)13-26-21(24)16-7-5-6-8-17(16)25-4-2/h5-11H,3-4,12-14H2,1-2H3. The minimum absolute atomic E-state index is 0.203. The SMILES string of the molecule is CCOc1ccccc1C(=O)OCC(=O)N(CC)Cc1ccc2c(c1)OCO2. The lowest BCUT2D eigenvalue weighted by atomic mass is 10.2. The summed E-state index contributed by atoms with van der Waals surface area (Å²) < 4.78 is 21.3. The van der Waals surface area contributed by atoms with Crippen molar-refractivity contribution in [2.24, 2.45) is 0 Å². The fraction of sp³-hybridized carbons (Fsp3) is 0.333. The Hall–Kier alpha value is -3.22. The van der Waals surface area contributed by atoms with E-state index in [-0.39, 0.29) is 19.3 Å². The molecule has 2 aromatic carbocycles. The second-order valence-electron chi connectivity index (χ2n) is 6.10. The van der Waals surface area contributed by atoms with Crippen LogP contribution in [-0.4, -0.2) is 43.3 Å². The molecule has 0 bridgehead atoms. The lowest BCUT2D eigenvalue weighted by Crippen LogP contribution is -2.34. The quantitative estimate of drug-likeness (QED) is 0.651. The molecule has 7 heteroatoms. The van der Waals surface area contributed by atoms with Gasteiger partial charge in [-0.15, -0.1) is 0 Å². The van der Waals surface area contributed by atoms with Crippen molar-refractivity contribution in [3.8, 4) is 17.2 Å². The van der Waals surface area contributed by atoms with Crippen molar-refractivity contribution in [1.82, 2.24) is 4.90 Å². The number of carbonyl (C=O) groups is 2. The van der Waals surface area contributed by atoms with Gasteiger partial charge >= 0.3 is 5.97 Å². The average molecular weight is 385 g/mol. The molecule has 1 heterocycles. The van der Waals surface area contributed by atoms with Crippen LogP contribution in [0.5, 0.6) is 17.2 Å². The molecule has 1 aliphatic rings. The Morgan fingerprint density at radius 1 is 1.07 bits per heavy atom. The van der Waals surface area contributed by atoms with Crippen LogP contribution in [0.1, 0.15) is 29.8 Å². The van der Waals surface area contributed by atoms with Gasteiger partial charge in [0.1, 0.15) is 11.3 Å². The number of carbonyl (C=O) groups excluding carboxylic acids is 2. The van der Waals surface area contributed by atoms with Crippen LogP contribution in [0.15, 0.2) is 42.5 Å². The summed E-state index contributed by atoms with van der Waals surface area (Å²) >= 11 is 0. The fourth-order valence-electron chi connectivity index (χ4n) is 2.85. The number of hydrogen-bond acceptors (Lipinski definition) is 6. The summed E-state index contributed by atoms with van der Waals surface area (Å²) in [6, 6.07) is 12.4. The number of fused-ring (bicyclic) bond motifs is 1. The summed E-state index contributed by atoms with van der Waals surface area (Å²) in [4.78, 5) is 26.5. The Morgan fingerprint density at radius 2 is 1.86 bits per heavy atom. The van der Waals surface area contributed by atoms with Gasteiger partial charge in [0.2, 0.25) is 6.79 Å². The van der Waals surface area contributed by atoms with Crippen LogP contribution in [0, 0.1) is 0 Å². The summed E-state index contributed by atoms with van der Waals surface area (Å²) in [6.45, 7) is 4.88. The Balaban J connectivity index is 1.59. The molecule has 7 nitrogen and oxygen atoms in total. The lowest BCUT2D eigenvalue weighted by Gasteiger charge is -2.21. The van der Waals surface area contributed by atoms with Crippen molar-refractivity contribution in [2.75, 3.05) is 26.6 Å². The minimum atomic E-state index is -0.587. The van der Waals surface area contributed by atoms with Crippen molar-refractivity contribution < 1.29 is 28.5 Å². The highest BCUT2D eigenvalue weighted by Crippen LogP contribution is 2.32. The molecule has 1 amide bonds. The second-order valence-corrected chi connectivity index (χ2v) is 6.10. The highest BCUT2D eigenvalue weighted by molar-refractivity contribution is 5.94. The van der Waals surface area contributed by atoms with Gasteiger partial charge in [-0.05, 0) is 43.7 Å². The molecule has 0 spiro atoms. The highest BCUT2D eigenvalue weighted by atomic mass is 16.7. The van der Waals surface area contributed by atoms with Crippen molar-refractivity contribution >= 4 is 11.9 Å². The van der Waals surface area contributed by atoms with Crippen LogP contribution in [0.2, 0.25) is 0 Å². The molecule has 0 radical (unpaired) electrons. The van der Waals surface area contributed by atoms with Crippen molar-refractivity contribution in [3.05, 3.63) is 53.6 Å². The Kier molecular flexibility index (Phi) is 6.37. The van der Waals surface area contributed by atoms with Gasteiger partial charge in [0.15, 0.2) is 18.1 Å². The van der Waals surface area contributed by atoms with Crippen LogP contribution < -0.4 is 14.2 Å². The van der Waals surface area contributed by atoms with E-state index in [4.69, 9.17) is 18.9 Å². The molecule has 0 aromatic heterocycles. The van der Waals surface area contributed by atoms with E-state index in [1.54, 1.807) is 29.2 Å². The second kappa shape index (κ2) is 9.12. The van der Waals surface area contributed by atoms with Gasteiger partial charge in [-0.25, -0.2) is 4.79 Å². The van der Waals surface area contributed by atoms with Gasteiger partial charge in [0, 0.05) is 13.1 Å². The first-order chi connectivity index (χ1) is 13.6. The molecule has 148 valence electrons. The number of benzene rings is 2. The molecule has 0 atom stereocenters. The predicted octanol–water partition coefficient (Wildman–Crippen LogP) is 3.02. The summed E-state index contributed by atoms with van der Waals surface area (Å²) in [5.41, 5.74) is 1.21. The molecule has 3 rings (SSSR count). The molecule has 0 aliphatic carbocycles. The number of esters is 1. The number of ether oxygens (including phenoxy) is 4. The van der Waals surface area contributed by atoms with E-state index < -0.39 is 5.97 Å². The molecule has 1 aliphatic heterocycles. The molecule has 0 saturated carbocycles. The molecule has 0 unspecified atom stereocenters. The summed E-state index contributed by atoms with van der Waals surface area (Å²) in [6.07, 6.45) is 0. The maximum Gasteiger partial charge on any atom is 0.342 e. The monoisotopic (exact) mass is 385 g/mol. The van der Waals surface area contributed by atoms with E-state index in [0.29, 0.717) is 42.5 Å². The van der Waals surface area contributed by atoms with Gasteiger partial charge in [-0.2, -0.15) is 0 Å². The summed E-state index contributed by atoms with van der Waals surface area (Å²) in [5, 5.41) is 0. The smallest absolute Gasteiger partial charge is 0.342 e. The van der Waals surface area contributed by atoms with E-state index in [1.807, 2.05) is 32.0 Å². The lowest BCUT2D eigenvalue weighted by molar-refractivity contribution is -0.134. The molecule has 28 heavy (non-hydrogen) atoms. The minimum Gasteiger partial charge on any atom is -0.493 e. The summed E-state index contributed by atoms with van der Waals surface area (Å²) in [5.74, 6) is 0.939. The summed E-state index contributed by atoms with van der Waals surface area (Å²) in [7, 11) is 0. The average Bonchev–Trinajstić information content (AvgIpc) is 3.18. The zero-order valence-corrected chi connectivity index (χ0v) is 16.0. The van der Waals surface area contributed by atoms with E-state index in [1.165, 1.54) is 0 Å². The first kappa shape index (κ1) is 19.5. The van der Waals surface area contributed by atoms with Gasteiger partial charge < -0.3 is 23.8 Å².